The van der Waals surface area contributed by atoms with Gasteiger partial charge in [0.25, 0.3) is 0 Å². The summed E-state index contributed by atoms with van der Waals surface area (Å²) >= 11 is 5.92. The maximum absolute atomic E-state index is 5.92. The van der Waals surface area contributed by atoms with Gasteiger partial charge in [0.2, 0.25) is 0 Å². The zero-order valence-corrected chi connectivity index (χ0v) is 11.9. The summed E-state index contributed by atoms with van der Waals surface area (Å²) in [5, 5.41) is 8.53. The summed E-state index contributed by atoms with van der Waals surface area (Å²) < 4.78 is 5.51. The van der Waals surface area contributed by atoms with Crippen LogP contribution >= 0.6 is 11.6 Å². The van der Waals surface area contributed by atoms with E-state index in [0.29, 0.717) is 11.8 Å². The van der Waals surface area contributed by atoms with Gasteiger partial charge in [-0.2, -0.15) is 0 Å². The minimum atomic E-state index is 0.252. The molecule has 1 heterocycles. The molecule has 1 aromatic rings. The second-order valence-corrected chi connectivity index (χ2v) is 4.76. The monoisotopic (exact) mass is 257 g/mol. The average molecular weight is 258 g/mol. The van der Waals surface area contributed by atoms with Crippen LogP contribution in [0, 0.1) is 13.8 Å². The Bertz CT molecular complexity index is 382. The second-order valence-electron chi connectivity index (χ2n) is 4.41. The first-order valence-electron chi connectivity index (χ1n) is 5.75. The number of hydrogen-bond acceptors (Lipinski definition) is 4. The topological polar surface area (TPSA) is 38.2 Å². The van der Waals surface area contributed by atoms with Crippen molar-refractivity contribution in [3.8, 4) is 0 Å². The third kappa shape index (κ3) is 3.82. The fourth-order valence-electron chi connectivity index (χ4n) is 1.46. The lowest BCUT2D eigenvalue weighted by atomic mass is 10.2. The van der Waals surface area contributed by atoms with E-state index in [1.807, 2.05) is 39.6 Å². The van der Waals surface area contributed by atoms with E-state index in [-0.39, 0.29) is 6.10 Å². The van der Waals surface area contributed by atoms with Crippen LogP contribution in [0.4, 0.5) is 5.82 Å². The fourth-order valence-corrected chi connectivity index (χ4v) is 1.64. The number of nitrogens with zero attached hydrogens (tertiary/aromatic N) is 3. The normalized spacial score (nSPS) is 11.0. The minimum Gasteiger partial charge on any atom is -0.377 e. The number of aromatic nitrogens is 2. The van der Waals surface area contributed by atoms with Gasteiger partial charge in [-0.15, -0.1) is 10.2 Å². The Labute approximate surface area is 108 Å². The molecule has 1 aromatic heterocycles. The SMILES string of the molecule is Cc1c(Cl)nnc(N(C)CCOC(C)C)c1C. The van der Waals surface area contributed by atoms with Gasteiger partial charge < -0.3 is 9.64 Å². The highest BCUT2D eigenvalue weighted by atomic mass is 35.5. The number of halogens is 1. The molecule has 0 saturated heterocycles. The molecule has 0 N–H and O–H groups in total. The summed E-state index contributed by atoms with van der Waals surface area (Å²) in [4.78, 5) is 2.04. The van der Waals surface area contributed by atoms with E-state index in [4.69, 9.17) is 16.3 Å². The van der Waals surface area contributed by atoms with E-state index in [2.05, 4.69) is 10.2 Å². The van der Waals surface area contributed by atoms with Crippen molar-refractivity contribution in [1.29, 1.82) is 0 Å². The van der Waals surface area contributed by atoms with Crippen molar-refractivity contribution in [2.24, 2.45) is 0 Å². The largest absolute Gasteiger partial charge is 0.377 e. The Balaban J connectivity index is 2.69. The summed E-state index contributed by atoms with van der Waals surface area (Å²) in [5.74, 6) is 0.860. The second kappa shape index (κ2) is 6.17. The molecule has 96 valence electrons. The Morgan fingerprint density at radius 1 is 1.24 bits per heavy atom. The number of likely N-dealkylation sites (N-methyl/N-ethyl adjacent to an activating group) is 1. The molecule has 0 radical (unpaired) electrons. The number of rotatable bonds is 5. The third-order valence-corrected chi connectivity index (χ3v) is 3.04. The lowest BCUT2D eigenvalue weighted by Gasteiger charge is -2.21. The van der Waals surface area contributed by atoms with Gasteiger partial charge in [-0.25, -0.2) is 0 Å². The van der Waals surface area contributed by atoms with Crippen LogP contribution < -0.4 is 4.90 Å². The Hall–Kier alpha value is -0.870. The van der Waals surface area contributed by atoms with E-state index in [1.165, 1.54) is 0 Å². The molecule has 0 unspecified atom stereocenters. The molecule has 0 fully saturated rings. The van der Waals surface area contributed by atoms with Crippen molar-refractivity contribution in [1.82, 2.24) is 10.2 Å². The van der Waals surface area contributed by atoms with Crippen LogP contribution in [0.15, 0.2) is 0 Å². The molecule has 4 nitrogen and oxygen atoms in total. The molecule has 0 saturated carbocycles. The molecular formula is C12H20ClN3O. The van der Waals surface area contributed by atoms with Crippen LogP contribution in [0.3, 0.4) is 0 Å². The molecule has 5 heteroatoms. The van der Waals surface area contributed by atoms with Crippen LogP contribution in [0.2, 0.25) is 5.15 Å². The molecule has 0 spiro atoms. The Morgan fingerprint density at radius 2 is 1.88 bits per heavy atom. The van der Waals surface area contributed by atoms with Gasteiger partial charge in [-0.1, -0.05) is 11.6 Å². The maximum atomic E-state index is 5.92. The van der Waals surface area contributed by atoms with Crippen molar-refractivity contribution in [3.63, 3.8) is 0 Å². The molecule has 0 amide bonds. The maximum Gasteiger partial charge on any atom is 0.155 e. The highest BCUT2D eigenvalue weighted by Crippen LogP contribution is 2.22. The molecule has 1 rings (SSSR count). The van der Waals surface area contributed by atoms with E-state index >= 15 is 0 Å². The minimum absolute atomic E-state index is 0.252. The molecular weight excluding hydrogens is 238 g/mol. The molecule has 17 heavy (non-hydrogen) atoms. The first kappa shape index (κ1) is 14.2. The van der Waals surface area contributed by atoms with Gasteiger partial charge in [0, 0.05) is 13.6 Å². The molecule has 0 bridgehead atoms. The lowest BCUT2D eigenvalue weighted by molar-refractivity contribution is 0.0845. The van der Waals surface area contributed by atoms with Crippen molar-refractivity contribution < 1.29 is 4.74 Å². The Morgan fingerprint density at radius 3 is 2.47 bits per heavy atom. The van der Waals surface area contributed by atoms with Crippen LogP contribution in [-0.2, 0) is 4.74 Å². The molecule has 0 aromatic carbocycles. The highest BCUT2D eigenvalue weighted by Gasteiger charge is 2.11. The summed E-state index contributed by atoms with van der Waals surface area (Å²) in [5.41, 5.74) is 2.05. The number of hydrogen-bond donors (Lipinski definition) is 0. The molecule has 0 atom stereocenters. The van der Waals surface area contributed by atoms with E-state index in [1.54, 1.807) is 0 Å². The van der Waals surface area contributed by atoms with Gasteiger partial charge in [-0.05, 0) is 38.8 Å². The van der Waals surface area contributed by atoms with Gasteiger partial charge in [0.05, 0.1) is 12.7 Å². The first-order chi connectivity index (χ1) is 7.93. The number of ether oxygens (including phenoxy) is 1. The van der Waals surface area contributed by atoms with E-state index in [0.717, 1.165) is 23.5 Å². The van der Waals surface area contributed by atoms with Crippen LogP contribution in [0.25, 0.3) is 0 Å². The Kier molecular flexibility index (Phi) is 5.15. The van der Waals surface area contributed by atoms with Crippen LogP contribution in [-0.4, -0.2) is 36.5 Å². The van der Waals surface area contributed by atoms with Crippen molar-refractivity contribution >= 4 is 17.4 Å². The van der Waals surface area contributed by atoms with Gasteiger partial charge in [0.1, 0.15) is 0 Å². The number of anilines is 1. The van der Waals surface area contributed by atoms with Crippen molar-refractivity contribution in [2.45, 2.75) is 33.8 Å². The zero-order valence-electron chi connectivity index (χ0n) is 11.1. The quantitative estimate of drug-likeness (QED) is 0.813. The predicted octanol–water partition coefficient (Wildman–Crippen LogP) is 2.61. The fraction of sp³-hybridized carbons (Fsp3) is 0.667. The van der Waals surface area contributed by atoms with E-state index in [9.17, 15) is 0 Å². The van der Waals surface area contributed by atoms with Crippen LogP contribution in [0.5, 0.6) is 0 Å². The first-order valence-corrected chi connectivity index (χ1v) is 6.13. The van der Waals surface area contributed by atoms with Crippen LogP contribution in [0.1, 0.15) is 25.0 Å². The summed E-state index contributed by atoms with van der Waals surface area (Å²) in [7, 11) is 1.98. The van der Waals surface area contributed by atoms with Crippen molar-refractivity contribution in [2.75, 3.05) is 25.1 Å². The average Bonchev–Trinajstić information content (AvgIpc) is 2.25. The van der Waals surface area contributed by atoms with Gasteiger partial charge in [-0.3, -0.25) is 0 Å². The zero-order chi connectivity index (χ0) is 13.0. The van der Waals surface area contributed by atoms with Gasteiger partial charge in [0.15, 0.2) is 11.0 Å². The summed E-state index contributed by atoms with van der Waals surface area (Å²) in [6.45, 7) is 9.47. The van der Waals surface area contributed by atoms with E-state index < -0.39 is 0 Å². The predicted molar refractivity (Wildman–Crippen MR) is 70.9 cm³/mol. The smallest absolute Gasteiger partial charge is 0.155 e. The molecule has 0 aliphatic rings. The van der Waals surface area contributed by atoms with Crippen molar-refractivity contribution in [3.05, 3.63) is 16.3 Å². The van der Waals surface area contributed by atoms with Gasteiger partial charge >= 0.3 is 0 Å². The summed E-state index contributed by atoms with van der Waals surface area (Å²) in [6, 6.07) is 0. The highest BCUT2D eigenvalue weighted by molar-refractivity contribution is 6.30. The third-order valence-electron chi connectivity index (χ3n) is 2.68. The molecule has 0 aliphatic carbocycles. The lowest BCUT2D eigenvalue weighted by Crippen LogP contribution is -2.26. The summed E-state index contributed by atoms with van der Waals surface area (Å²) in [6.07, 6.45) is 0.252. The molecule has 0 aliphatic heterocycles. The standard InChI is InChI=1S/C12H20ClN3O/c1-8(2)17-7-6-16(5)12-10(4)9(3)11(13)14-15-12/h8H,6-7H2,1-5H3.